The first-order valence-electron chi connectivity index (χ1n) is 7.07. The normalized spacial score (nSPS) is 11.2. The van der Waals surface area contributed by atoms with Gasteiger partial charge in [-0.15, -0.1) is 0 Å². The zero-order chi connectivity index (χ0) is 15.0. The SMILES string of the molecule is COc1ccccc1CC(=O)NCC(C)(C)CCCN. The van der Waals surface area contributed by atoms with Gasteiger partial charge in [-0.3, -0.25) is 4.79 Å². The van der Waals surface area contributed by atoms with Crippen LogP contribution in [0.15, 0.2) is 24.3 Å². The van der Waals surface area contributed by atoms with E-state index in [1.165, 1.54) is 0 Å². The average molecular weight is 278 g/mol. The third-order valence-electron chi connectivity index (χ3n) is 3.37. The van der Waals surface area contributed by atoms with Gasteiger partial charge in [0, 0.05) is 12.1 Å². The van der Waals surface area contributed by atoms with Crippen molar-refractivity contribution in [3.05, 3.63) is 29.8 Å². The minimum Gasteiger partial charge on any atom is -0.496 e. The molecule has 0 fully saturated rings. The monoisotopic (exact) mass is 278 g/mol. The molecule has 0 spiro atoms. The van der Waals surface area contributed by atoms with Crippen molar-refractivity contribution in [1.29, 1.82) is 0 Å². The molecule has 1 amide bonds. The van der Waals surface area contributed by atoms with Crippen LogP contribution in [0.3, 0.4) is 0 Å². The number of methoxy groups -OCH3 is 1. The van der Waals surface area contributed by atoms with Crippen molar-refractivity contribution in [3.63, 3.8) is 0 Å². The number of hydrogen-bond donors (Lipinski definition) is 2. The molecule has 1 aromatic rings. The fourth-order valence-corrected chi connectivity index (χ4v) is 2.09. The van der Waals surface area contributed by atoms with E-state index in [9.17, 15) is 4.79 Å². The number of benzene rings is 1. The molecule has 0 atom stereocenters. The molecule has 0 aliphatic carbocycles. The van der Waals surface area contributed by atoms with E-state index in [0.29, 0.717) is 19.5 Å². The topological polar surface area (TPSA) is 64.3 Å². The third kappa shape index (κ3) is 5.61. The van der Waals surface area contributed by atoms with E-state index in [2.05, 4.69) is 19.2 Å². The van der Waals surface area contributed by atoms with Crippen molar-refractivity contribution in [1.82, 2.24) is 5.32 Å². The summed E-state index contributed by atoms with van der Waals surface area (Å²) in [4.78, 5) is 12.0. The smallest absolute Gasteiger partial charge is 0.224 e. The summed E-state index contributed by atoms with van der Waals surface area (Å²) in [5.74, 6) is 0.778. The number of amides is 1. The molecule has 0 saturated heterocycles. The van der Waals surface area contributed by atoms with Crippen molar-refractivity contribution >= 4 is 5.91 Å². The number of para-hydroxylation sites is 1. The van der Waals surface area contributed by atoms with Crippen LogP contribution in [0.2, 0.25) is 0 Å². The maximum Gasteiger partial charge on any atom is 0.224 e. The summed E-state index contributed by atoms with van der Waals surface area (Å²) in [6.45, 7) is 5.65. The van der Waals surface area contributed by atoms with Gasteiger partial charge in [0.05, 0.1) is 13.5 Å². The maximum absolute atomic E-state index is 12.0. The molecular formula is C16H26N2O2. The fraction of sp³-hybridized carbons (Fsp3) is 0.562. The Bertz CT molecular complexity index is 430. The van der Waals surface area contributed by atoms with Crippen LogP contribution in [0.5, 0.6) is 5.75 Å². The second kappa shape index (κ2) is 7.90. The van der Waals surface area contributed by atoms with E-state index in [1.807, 2.05) is 24.3 Å². The van der Waals surface area contributed by atoms with Crippen molar-refractivity contribution in [3.8, 4) is 5.75 Å². The number of carbonyl (C=O) groups is 1. The molecule has 20 heavy (non-hydrogen) atoms. The molecule has 1 rings (SSSR count). The van der Waals surface area contributed by atoms with Crippen LogP contribution >= 0.6 is 0 Å². The Hall–Kier alpha value is -1.55. The molecule has 0 heterocycles. The number of ether oxygens (including phenoxy) is 1. The fourth-order valence-electron chi connectivity index (χ4n) is 2.09. The number of nitrogens with one attached hydrogen (secondary N) is 1. The van der Waals surface area contributed by atoms with Crippen LogP contribution in [0.1, 0.15) is 32.3 Å². The van der Waals surface area contributed by atoms with Crippen LogP contribution in [0.4, 0.5) is 0 Å². The first-order valence-corrected chi connectivity index (χ1v) is 7.07. The van der Waals surface area contributed by atoms with E-state index in [4.69, 9.17) is 10.5 Å². The summed E-state index contributed by atoms with van der Waals surface area (Å²) >= 11 is 0. The number of nitrogens with two attached hydrogens (primary N) is 1. The summed E-state index contributed by atoms with van der Waals surface area (Å²) in [7, 11) is 1.62. The summed E-state index contributed by atoms with van der Waals surface area (Å²) < 4.78 is 5.25. The summed E-state index contributed by atoms with van der Waals surface area (Å²) in [5.41, 5.74) is 6.51. The Morgan fingerprint density at radius 1 is 1.35 bits per heavy atom. The van der Waals surface area contributed by atoms with Crippen LogP contribution in [0, 0.1) is 5.41 Å². The largest absolute Gasteiger partial charge is 0.496 e. The first kappa shape index (κ1) is 16.5. The van der Waals surface area contributed by atoms with E-state index in [0.717, 1.165) is 24.2 Å². The average Bonchev–Trinajstić information content (AvgIpc) is 2.44. The van der Waals surface area contributed by atoms with E-state index in [-0.39, 0.29) is 11.3 Å². The van der Waals surface area contributed by atoms with Gasteiger partial charge < -0.3 is 15.8 Å². The standard InChI is InChI=1S/C16H26N2O2/c1-16(2,9-6-10-17)12-18-15(19)11-13-7-4-5-8-14(13)20-3/h4-5,7-8H,6,9-12,17H2,1-3H3,(H,18,19). The van der Waals surface area contributed by atoms with Crippen molar-refractivity contribution in [2.75, 3.05) is 20.2 Å². The van der Waals surface area contributed by atoms with Crippen LogP contribution < -0.4 is 15.8 Å². The number of hydrogen-bond acceptors (Lipinski definition) is 3. The molecule has 0 aromatic heterocycles. The predicted octanol–water partition coefficient (Wildman–Crippen LogP) is 2.12. The van der Waals surface area contributed by atoms with Gasteiger partial charge >= 0.3 is 0 Å². The lowest BCUT2D eigenvalue weighted by Crippen LogP contribution is -2.35. The molecule has 0 bridgehead atoms. The van der Waals surface area contributed by atoms with E-state index >= 15 is 0 Å². The Balaban J connectivity index is 2.47. The molecule has 0 saturated carbocycles. The van der Waals surface area contributed by atoms with E-state index < -0.39 is 0 Å². The maximum atomic E-state index is 12.0. The van der Waals surface area contributed by atoms with Crippen LogP contribution in [-0.4, -0.2) is 26.1 Å². The lowest BCUT2D eigenvalue weighted by molar-refractivity contribution is -0.120. The summed E-state index contributed by atoms with van der Waals surface area (Å²) in [5, 5.41) is 3.00. The minimum absolute atomic E-state index is 0.0234. The number of carbonyl (C=O) groups excluding carboxylic acids is 1. The van der Waals surface area contributed by atoms with Gasteiger partial charge in [0.15, 0.2) is 0 Å². The predicted molar refractivity (Wildman–Crippen MR) is 81.8 cm³/mol. The van der Waals surface area contributed by atoms with Crippen molar-refractivity contribution < 1.29 is 9.53 Å². The molecular weight excluding hydrogens is 252 g/mol. The summed E-state index contributed by atoms with van der Waals surface area (Å²) in [6.07, 6.45) is 2.34. The second-order valence-electron chi connectivity index (χ2n) is 5.82. The van der Waals surface area contributed by atoms with Gasteiger partial charge in [-0.1, -0.05) is 32.0 Å². The Morgan fingerprint density at radius 2 is 2.05 bits per heavy atom. The Morgan fingerprint density at radius 3 is 2.70 bits per heavy atom. The first-order chi connectivity index (χ1) is 9.48. The summed E-state index contributed by atoms with van der Waals surface area (Å²) in [6, 6.07) is 7.60. The van der Waals surface area contributed by atoms with Crippen LogP contribution in [0.25, 0.3) is 0 Å². The molecule has 4 heteroatoms. The molecule has 4 nitrogen and oxygen atoms in total. The van der Waals surface area contributed by atoms with Gasteiger partial charge in [-0.05, 0) is 30.9 Å². The highest BCUT2D eigenvalue weighted by Gasteiger charge is 2.18. The van der Waals surface area contributed by atoms with Crippen molar-refractivity contribution in [2.45, 2.75) is 33.1 Å². The number of rotatable bonds is 8. The quantitative estimate of drug-likeness (QED) is 0.765. The van der Waals surface area contributed by atoms with Crippen molar-refractivity contribution in [2.24, 2.45) is 11.1 Å². The van der Waals surface area contributed by atoms with Crippen LogP contribution in [-0.2, 0) is 11.2 Å². The molecule has 112 valence electrons. The highest BCUT2D eigenvalue weighted by atomic mass is 16.5. The minimum atomic E-state index is 0.0234. The molecule has 0 radical (unpaired) electrons. The zero-order valence-corrected chi connectivity index (χ0v) is 12.7. The second-order valence-corrected chi connectivity index (χ2v) is 5.82. The Labute approximate surface area is 121 Å². The van der Waals surface area contributed by atoms with Gasteiger partial charge in [0.2, 0.25) is 5.91 Å². The van der Waals surface area contributed by atoms with E-state index in [1.54, 1.807) is 7.11 Å². The molecule has 0 unspecified atom stereocenters. The highest BCUT2D eigenvalue weighted by molar-refractivity contribution is 5.79. The van der Waals surface area contributed by atoms with Gasteiger partial charge in [0.1, 0.15) is 5.75 Å². The molecule has 0 aliphatic rings. The lowest BCUT2D eigenvalue weighted by Gasteiger charge is -2.24. The molecule has 1 aromatic carbocycles. The molecule has 3 N–H and O–H groups in total. The van der Waals surface area contributed by atoms with Gasteiger partial charge in [0.25, 0.3) is 0 Å². The van der Waals surface area contributed by atoms with Gasteiger partial charge in [-0.2, -0.15) is 0 Å². The Kier molecular flexibility index (Phi) is 6.52. The molecule has 0 aliphatic heterocycles. The lowest BCUT2D eigenvalue weighted by atomic mass is 9.87. The van der Waals surface area contributed by atoms with Gasteiger partial charge in [-0.25, -0.2) is 0 Å². The third-order valence-corrected chi connectivity index (χ3v) is 3.37. The zero-order valence-electron chi connectivity index (χ0n) is 12.7. The highest BCUT2D eigenvalue weighted by Crippen LogP contribution is 2.21.